The minimum absolute atomic E-state index is 0.0401. The zero-order valence-corrected chi connectivity index (χ0v) is 10.6. The summed E-state index contributed by atoms with van der Waals surface area (Å²) in [6.45, 7) is 1.99. The minimum atomic E-state index is -0.0727. The Balaban J connectivity index is 1.64. The molecule has 1 fully saturated rings. The Morgan fingerprint density at radius 3 is 2.78 bits per heavy atom. The number of ether oxygens (including phenoxy) is 1. The Morgan fingerprint density at radius 2 is 2.00 bits per heavy atom. The molecule has 0 heterocycles. The first-order chi connectivity index (χ1) is 8.77. The Kier molecular flexibility index (Phi) is 4.84. The molecule has 0 aliphatic heterocycles. The molecule has 1 aliphatic rings. The molecule has 1 aromatic carbocycles. The summed E-state index contributed by atoms with van der Waals surface area (Å²) in [6.07, 6.45) is 5.39. The summed E-state index contributed by atoms with van der Waals surface area (Å²) >= 11 is 0. The van der Waals surface area contributed by atoms with Gasteiger partial charge < -0.3 is 20.3 Å². The van der Waals surface area contributed by atoms with Crippen LogP contribution in [-0.2, 0) is 11.3 Å². The van der Waals surface area contributed by atoms with Gasteiger partial charge in [0.05, 0.1) is 12.7 Å². The lowest BCUT2D eigenvalue weighted by Gasteiger charge is -2.12. The molecule has 0 spiro atoms. The van der Waals surface area contributed by atoms with Crippen molar-refractivity contribution in [3.63, 3.8) is 0 Å². The molecule has 18 heavy (non-hydrogen) atoms. The van der Waals surface area contributed by atoms with Gasteiger partial charge in [-0.15, -0.1) is 0 Å². The molecule has 0 aromatic heterocycles. The Hall–Kier alpha value is -1.26. The largest absolute Gasteiger partial charge is 0.504 e. The topological polar surface area (TPSA) is 61.7 Å². The monoisotopic (exact) mass is 251 g/mol. The van der Waals surface area contributed by atoms with Crippen molar-refractivity contribution in [3.05, 3.63) is 23.8 Å². The van der Waals surface area contributed by atoms with Gasteiger partial charge in [-0.3, -0.25) is 0 Å². The van der Waals surface area contributed by atoms with Crippen molar-refractivity contribution in [2.24, 2.45) is 0 Å². The van der Waals surface area contributed by atoms with Gasteiger partial charge in [0.25, 0.3) is 0 Å². The maximum absolute atomic E-state index is 9.61. The van der Waals surface area contributed by atoms with E-state index in [1.165, 1.54) is 31.7 Å². The zero-order valence-electron chi connectivity index (χ0n) is 10.6. The smallest absolute Gasteiger partial charge is 0.161 e. The highest BCUT2D eigenvalue weighted by Gasteiger charge is 2.14. The van der Waals surface area contributed by atoms with Gasteiger partial charge in [0, 0.05) is 18.7 Å². The van der Waals surface area contributed by atoms with E-state index in [2.05, 4.69) is 5.32 Å². The molecule has 0 amide bonds. The van der Waals surface area contributed by atoms with Gasteiger partial charge in [-0.2, -0.15) is 0 Å². The Morgan fingerprint density at radius 1 is 1.22 bits per heavy atom. The number of phenolic OH excluding ortho intramolecular Hbond substituents is 2. The second-order valence-electron chi connectivity index (χ2n) is 4.74. The molecule has 1 aromatic rings. The normalized spacial score (nSPS) is 16.2. The highest BCUT2D eigenvalue weighted by Crippen LogP contribution is 2.27. The zero-order chi connectivity index (χ0) is 12.8. The number of nitrogens with one attached hydrogen (secondary N) is 1. The molecule has 4 heteroatoms. The molecule has 2 rings (SSSR count). The first-order valence-electron chi connectivity index (χ1n) is 6.59. The van der Waals surface area contributed by atoms with Crippen LogP contribution in [0.25, 0.3) is 0 Å². The van der Waals surface area contributed by atoms with Crippen LogP contribution in [0.5, 0.6) is 11.5 Å². The van der Waals surface area contributed by atoms with E-state index in [1.54, 1.807) is 12.1 Å². The van der Waals surface area contributed by atoms with Crippen molar-refractivity contribution in [1.29, 1.82) is 0 Å². The predicted molar refractivity (Wildman–Crippen MR) is 69.7 cm³/mol. The Bertz CT molecular complexity index is 375. The molecule has 0 atom stereocenters. The average Bonchev–Trinajstić information content (AvgIpc) is 2.87. The Labute approximate surface area is 108 Å². The quantitative estimate of drug-likeness (QED) is 0.535. The van der Waals surface area contributed by atoms with Crippen molar-refractivity contribution < 1.29 is 14.9 Å². The van der Waals surface area contributed by atoms with E-state index in [0.29, 0.717) is 24.8 Å². The van der Waals surface area contributed by atoms with Crippen LogP contribution in [0.4, 0.5) is 0 Å². The van der Waals surface area contributed by atoms with Crippen molar-refractivity contribution in [3.8, 4) is 11.5 Å². The van der Waals surface area contributed by atoms with Crippen LogP contribution in [0.15, 0.2) is 18.2 Å². The fourth-order valence-electron chi connectivity index (χ4n) is 2.30. The standard InChI is InChI=1S/C14H21NO3/c16-13-7-3-4-11(14(13)17)10-15-8-9-18-12-5-1-2-6-12/h3-4,7,12,15-17H,1-2,5-6,8-10H2. The van der Waals surface area contributed by atoms with Crippen LogP contribution in [0, 0.1) is 0 Å². The van der Waals surface area contributed by atoms with Crippen molar-refractivity contribution in [2.45, 2.75) is 38.3 Å². The third-order valence-corrected chi connectivity index (χ3v) is 3.35. The molecule has 100 valence electrons. The highest BCUT2D eigenvalue weighted by atomic mass is 16.5. The number of phenols is 2. The van der Waals surface area contributed by atoms with Crippen molar-refractivity contribution in [2.75, 3.05) is 13.2 Å². The summed E-state index contributed by atoms with van der Waals surface area (Å²) in [5, 5.41) is 22.1. The number of hydrogen-bond donors (Lipinski definition) is 3. The first kappa shape index (κ1) is 13.2. The minimum Gasteiger partial charge on any atom is -0.504 e. The molecular weight excluding hydrogens is 230 g/mol. The highest BCUT2D eigenvalue weighted by molar-refractivity contribution is 5.44. The molecule has 1 saturated carbocycles. The lowest BCUT2D eigenvalue weighted by Crippen LogP contribution is -2.21. The lowest BCUT2D eigenvalue weighted by atomic mass is 10.2. The van der Waals surface area contributed by atoms with E-state index in [1.807, 2.05) is 0 Å². The third-order valence-electron chi connectivity index (χ3n) is 3.35. The summed E-state index contributed by atoms with van der Waals surface area (Å²) in [4.78, 5) is 0. The third kappa shape index (κ3) is 3.62. The van der Waals surface area contributed by atoms with E-state index < -0.39 is 0 Å². The summed E-state index contributed by atoms with van der Waals surface area (Å²) < 4.78 is 5.72. The first-order valence-corrected chi connectivity index (χ1v) is 6.59. The fraction of sp³-hybridized carbons (Fsp3) is 0.571. The van der Waals surface area contributed by atoms with Crippen molar-refractivity contribution >= 4 is 0 Å². The summed E-state index contributed by atoms with van der Waals surface area (Å²) in [5.41, 5.74) is 0.705. The SMILES string of the molecule is Oc1cccc(CNCCOC2CCCC2)c1O. The van der Waals surface area contributed by atoms with Gasteiger partial charge in [0.2, 0.25) is 0 Å². The average molecular weight is 251 g/mol. The van der Waals surface area contributed by atoms with Crippen molar-refractivity contribution in [1.82, 2.24) is 5.32 Å². The van der Waals surface area contributed by atoms with Gasteiger partial charge >= 0.3 is 0 Å². The molecular formula is C14H21NO3. The van der Waals surface area contributed by atoms with Crippen LogP contribution in [-0.4, -0.2) is 29.5 Å². The molecule has 0 bridgehead atoms. The van der Waals surface area contributed by atoms with Gasteiger partial charge in [-0.05, 0) is 18.9 Å². The fourth-order valence-corrected chi connectivity index (χ4v) is 2.30. The summed E-state index contributed by atoms with van der Waals surface area (Å²) in [5.74, 6) is -0.113. The van der Waals surface area contributed by atoms with E-state index in [0.717, 1.165) is 6.54 Å². The van der Waals surface area contributed by atoms with E-state index in [9.17, 15) is 10.2 Å². The number of para-hydroxylation sites is 1. The molecule has 0 unspecified atom stereocenters. The van der Waals surface area contributed by atoms with E-state index in [4.69, 9.17) is 4.74 Å². The molecule has 4 nitrogen and oxygen atoms in total. The number of benzene rings is 1. The number of aromatic hydroxyl groups is 2. The van der Waals surface area contributed by atoms with Crippen LogP contribution >= 0.6 is 0 Å². The number of rotatable bonds is 6. The van der Waals surface area contributed by atoms with Gasteiger partial charge in [0.1, 0.15) is 0 Å². The second kappa shape index (κ2) is 6.61. The lowest BCUT2D eigenvalue weighted by molar-refractivity contribution is 0.0602. The molecule has 3 N–H and O–H groups in total. The van der Waals surface area contributed by atoms with E-state index in [-0.39, 0.29) is 11.5 Å². The van der Waals surface area contributed by atoms with Gasteiger partial charge in [0.15, 0.2) is 11.5 Å². The van der Waals surface area contributed by atoms with Gasteiger partial charge in [-0.25, -0.2) is 0 Å². The van der Waals surface area contributed by atoms with Crippen LogP contribution < -0.4 is 5.32 Å². The maximum Gasteiger partial charge on any atom is 0.161 e. The summed E-state index contributed by atoms with van der Waals surface area (Å²) in [6, 6.07) is 4.99. The number of hydrogen-bond acceptors (Lipinski definition) is 4. The van der Waals surface area contributed by atoms with Crippen LogP contribution in [0.3, 0.4) is 0 Å². The van der Waals surface area contributed by atoms with Crippen LogP contribution in [0.2, 0.25) is 0 Å². The second-order valence-corrected chi connectivity index (χ2v) is 4.74. The molecule has 0 saturated heterocycles. The van der Waals surface area contributed by atoms with Crippen LogP contribution in [0.1, 0.15) is 31.2 Å². The van der Waals surface area contributed by atoms with E-state index >= 15 is 0 Å². The molecule has 0 radical (unpaired) electrons. The summed E-state index contributed by atoms with van der Waals surface area (Å²) in [7, 11) is 0. The maximum atomic E-state index is 9.61. The predicted octanol–water partition coefficient (Wildman–Crippen LogP) is 2.15. The molecule has 1 aliphatic carbocycles. The van der Waals surface area contributed by atoms with Gasteiger partial charge in [-0.1, -0.05) is 25.0 Å².